The summed E-state index contributed by atoms with van der Waals surface area (Å²) in [6.45, 7) is 1.53. The third-order valence-corrected chi connectivity index (χ3v) is 4.59. The largest absolute Gasteiger partial charge is 0.417 e. The van der Waals surface area contributed by atoms with Crippen LogP contribution in [-0.2, 0) is 11.0 Å². The highest BCUT2D eigenvalue weighted by atomic mass is 19.4. The molecule has 1 aromatic heterocycles. The average Bonchev–Trinajstić information content (AvgIpc) is 2.66. The van der Waals surface area contributed by atoms with Crippen LogP contribution in [0.15, 0.2) is 30.5 Å². The van der Waals surface area contributed by atoms with Gasteiger partial charge in [0.2, 0.25) is 5.91 Å². The number of hydrogen-bond donors (Lipinski definition) is 1. The number of nitrogens with zero attached hydrogens (tertiary/aromatic N) is 3. The maximum atomic E-state index is 13.7. The molecule has 27 heavy (non-hydrogen) atoms. The summed E-state index contributed by atoms with van der Waals surface area (Å²) in [6.07, 6.45) is -3.67. The Morgan fingerprint density at radius 1 is 1.15 bits per heavy atom. The van der Waals surface area contributed by atoms with Crippen LogP contribution in [0.4, 0.5) is 13.2 Å². The number of amides is 2. The highest BCUT2D eigenvalue weighted by Gasteiger charge is 2.39. The van der Waals surface area contributed by atoms with Gasteiger partial charge in [0.25, 0.3) is 5.91 Å². The summed E-state index contributed by atoms with van der Waals surface area (Å²) in [5.41, 5.74) is -1.20. The van der Waals surface area contributed by atoms with E-state index in [0.29, 0.717) is 13.1 Å². The summed E-state index contributed by atoms with van der Waals surface area (Å²) < 4.78 is 41.1. The molecule has 2 aromatic rings. The van der Waals surface area contributed by atoms with Crippen LogP contribution in [-0.4, -0.2) is 66.4 Å². The summed E-state index contributed by atoms with van der Waals surface area (Å²) in [6, 6.07) is 5.90. The van der Waals surface area contributed by atoms with Gasteiger partial charge in [0.15, 0.2) is 0 Å². The van der Waals surface area contributed by atoms with E-state index in [4.69, 9.17) is 0 Å². The van der Waals surface area contributed by atoms with E-state index in [9.17, 15) is 22.8 Å². The second-order valence-electron chi connectivity index (χ2n) is 6.30. The number of benzene rings is 1. The van der Waals surface area contributed by atoms with Crippen molar-refractivity contribution in [1.82, 2.24) is 20.1 Å². The molecule has 0 unspecified atom stereocenters. The van der Waals surface area contributed by atoms with Crippen LogP contribution in [0.2, 0.25) is 0 Å². The summed E-state index contributed by atoms with van der Waals surface area (Å²) in [5, 5.41) is 2.43. The average molecular weight is 380 g/mol. The van der Waals surface area contributed by atoms with Gasteiger partial charge in [-0.3, -0.25) is 19.5 Å². The van der Waals surface area contributed by atoms with Gasteiger partial charge in [-0.2, -0.15) is 13.2 Å². The maximum Gasteiger partial charge on any atom is 0.417 e. The number of likely N-dealkylation sites (N-methyl/N-ethyl adjacent to an activating group) is 1. The van der Waals surface area contributed by atoms with Gasteiger partial charge in [-0.05, 0) is 6.07 Å². The molecule has 6 nitrogen and oxygen atoms in total. The van der Waals surface area contributed by atoms with Gasteiger partial charge in [-0.25, -0.2) is 0 Å². The van der Waals surface area contributed by atoms with Crippen LogP contribution in [0.5, 0.6) is 0 Å². The van der Waals surface area contributed by atoms with Crippen LogP contribution in [0, 0.1) is 0 Å². The molecule has 1 saturated heterocycles. The molecule has 1 N–H and O–H groups in total. The zero-order valence-electron chi connectivity index (χ0n) is 14.7. The standard InChI is InChI=1S/C18H19F3N4O2/c1-22-15(26)11-24-6-8-25(9-7-24)17(27)13-10-23-14-5-3-2-4-12(14)16(13)18(19,20)21/h2-5,10H,6-9,11H2,1H3,(H,22,26). The van der Waals surface area contributed by atoms with Gasteiger partial charge in [-0.15, -0.1) is 0 Å². The Morgan fingerprint density at radius 3 is 2.44 bits per heavy atom. The highest BCUT2D eigenvalue weighted by Crippen LogP contribution is 2.37. The van der Waals surface area contributed by atoms with Crippen molar-refractivity contribution in [1.29, 1.82) is 0 Å². The lowest BCUT2D eigenvalue weighted by Crippen LogP contribution is -2.51. The molecule has 0 saturated carbocycles. The number of carbonyl (C=O) groups excluding carboxylic acids is 2. The molecule has 1 aromatic carbocycles. The van der Waals surface area contributed by atoms with Crippen LogP contribution >= 0.6 is 0 Å². The number of rotatable bonds is 3. The number of nitrogens with one attached hydrogen (secondary N) is 1. The SMILES string of the molecule is CNC(=O)CN1CCN(C(=O)c2cnc3ccccc3c2C(F)(F)F)CC1. The number of fused-ring (bicyclic) bond motifs is 1. The van der Waals surface area contributed by atoms with Crippen molar-refractivity contribution < 1.29 is 22.8 Å². The third kappa shape index (κ3) is 4.02. The molecule has 2 amide bonds. The Hall–Kier alpha value is -2.68. The minimum Gasteiger partial charge on any atom is -0.358 e. The molecule has 1 aliphatic rings. The molecule has 9 heteroatoms. The normalized spacial score (nSPS) is 15.8. The van der Waals surface area contributed by atoms with Crippen molar-refractivity contribution in [3.05, 3.63) is 41.6 Å². The van der Waals surface area contributed by atoms with E-state index >= 15 is 0 Å². The lowest BCUT2D eigenvalue weighted by Gasteiger charge is -2.34. The number of para-hydroxylation sites is 1. The Labute approximate surface area is 154 Å². The highest BCUT2D eigenvalue weighted by molar-refractivity contribution is 6.00. The van der Waals surface area contributed by atoms with Crippen molar-refractivity contribution in [3.8, 4) is 0 Å². The van der Waals surface area contributed by atoms with E-state index < -0.39 is 23.2 Å². The van der Waals surface area contributed by atoms with E-state index in [0.717, 1.165) is 6.20 Å². The third-order valence-electron chi connectivity index (χ3n) is 4.59. The Balaban J connectivity index is 1.86. The van der Waals surface area contributed by atoms with Gasteiger partial charge < -0.3 is 10.2 Å². The van der Waals surface area contributed by atoms with E-state index in [1.54, 1.807) is 6.07 Å². The predicted octanol–water partition coefficient (Wildman–Crippen LogP) is 1.76. The number of piperazine rings is 1. The topological polar surface area (TPSA) is 65.5 Å². The quantitative estimate of drug-likeness (QED) is 0.881. The fourth-order valence-corrected chi connectivity index (χ4v) is 3.17. The van der Waals surface area contributed by atoms with E-state index in [-0.39, 0.29) is 36.4 Å². The second-order valence-corrected chi connectivity index (χ2v) is 6.30. The Bertz CT molecular complexity index is 861. The second kappa shape index (κ2) is 7.51. The van der Waals surface area contributed by atoms with Crippen LogP contribution in [0.25, 0.3) is 10.9 Å². The van der Waals surface area contributed by atoms with Crippen molar-refractivity contribution in [2.75, 3.05) is 39.8 Å². The van der Waals surface area contributed by atoms with E-state index in [1.165, 1.54) is 30.1 Å². The predicted molar refractivity (Wildman–Crippen MR) is 93.2 cm³/mol. The number of aromatic nitrogens is 1. The summed E-state index contributed by atoms with van der Waals surface area (Å²) in [5.74, 6) is -0.840. The van der Waals surface area contributed by atoms with Crippen molar-refractivity contribution >= 4 is 22.7 Å². The molecule has 0 bridgehead atoms. The lowest BCUT2D eigenvalue weighted by atomic mass is 10.0. The molecule has 2 heterocycles. The van der Waals surface area contributed by atoms with Gasteiger partial charge in [0.05, 0.1) is 23.2 Å². The zero-order chi connectivity index (χ0) is 19.6. The molecular formula is C18H19F3N4O2. The van der Waals surface area contributed by atoms with Crippen molar-refractivity contribution in [2.45, 2.75) is 6.18 Å². The monoisotopic (exact) mass is 380 g/mol. The fourth-order valence-electron chi connectivity index (χ4n) is 3.17. The molecule has 0 atom stereocenters. The van der Waals surface area contributed by atoms with Gasteiger partial charge in [0.1, 0.15) is 0 Å². The van der Waals surface area contributed by atoms with Crippen LogP contribution in [0.1, 0.15) is 15.9 Å². The first-order valence-electron chi connectivity index (χ1n) is 8.48. The van der Waals surface area contributed by atoms with Crippen molar-refractivity contribution in [3.63, 3.8) is 0 Å². The molecule has 0 aliphatic carbocycles. The maximum absolute atomic E-state index is 13.7. The van der Waals surface area contributed by atoms with Crippen LogP contribution in [0.3, 0.4) is 0 Å². The molecule has 144 valence electrons. The minimum absolute atomic E-state index is 0.0888. The first-order valence-corrected chi connectivity index (χ1v) is 8.48. The van der Waals surface area contributed by atoms with Gasteiger partial charge >= 0.3 is 6.18 Å². The van der Waals surface area contributed by atoms with Gasteiger partial charge in [0, 0.05) is 44.8 Å². The first-order chi connectivity index (χ1) is 12.8. The number of hydrogen-bond acceptors (Lipinski definition) is 4. The fraction of sp³-hybridized carbons (Fsp3) is 0.389. The molecule has 1 aliphatic heterocycles. The summed E-state index contributed by atoms with van der Waals surface area (Å²) >= 11 is 0. The smallest absolute Gasteiger partial charge is 0.358 e. The molecule has 1 fully saturated rings. The summed E-state index contributed by atoms with van der Waals surface area (Å²) in [7, 11) is 1.54. The first kappa shape index (κ1) is 19.1. The Kier molecular flexibility index (Phi) is 5.31. The van der Waals surface area contributed by atoms with Gasteiger partial charge in [-0.1, -0.05) is 18.2 Å². The van der Waals surface area contributed by atoms with E-state index in [1.807, 2.05) is 4.90 Å². The number of halogens is 3. The van der Waals surface area contributed by atoms with Crippen LogP contribution < -0.4 is 5.32 Å². The molecule has 0 radical (unpaired) electrons. The minimum atomic E-state index is -4.67. The summed E-state index contributed by atoms with van der Waals surface area (Å²) in [4.78, 5) is 31.5. The number of alkyl halides is 3. The van der Waals surface area contributed by atoms with Crippen molar-refractivity contribution in [2.24, 2.45) is 0 Å². The Morgan fingerprint density at radius 2 is 1.81 bits per heavy atom. The number of carbonyl (C=O) groups is 2. The number of pyridine rings is 1. The molecular weight excluding hydrogens is 361 g/mol. The molecule has 0 spiro atoms. The lowest BCUT2D eigenvalue weighted by molar-refractivity contribution is -0.136. The zero-order valence-corrected chi connectivity index (χ0v) is 14.7. The molecule has 3 rings (SSSR count). The van der Waals surface area contributed by atoms with E-state index in [2.05, 4.69) is 10.3 Å².